The van der Waals surface area contributed by atoms with Crippen molar-refractivity contribution in [3.8, 4) is 0 Å². The molecule has 1 aromatic rings. The van der Waals surface area contributed by atoms with E-state index in [1.54, 1.807) is 0 Å². The van der Waals surface area contributed by atoms with Crippen LogP contribution in [0.4, 0.5) is 0 Å². The van der Waals surface area contributed by atoms with Gasteiger partial charge in [0.25, 0.3) is 0 Å². The molecule has 0 radical (unpaired) electrons. The molecule has 3 nitrogen and oxygen atoms in total. The van der Waals surface area contributed by atoms with Crippen LogP contribution in [0.3, 0.4) is 0 Å². The van der Waals surface area contributed by atoms with Gasteiger partial charge in [0, 0.05) is 18.1 Å². The molecule has 0 saturated heterocycles. The number of ether oxygens (including phenoxy) is 3. The van der Waals surface area contributed by atoms with Crippen LogP contribution in [-0.4, -0.2) is 45.4 Å². The van der Waals surface area contributed by atoms with Crippen molar-refractivity contribution in [2.75, 3.05) is 45.4 Å². The first kappa shape index (κ1) is 26.5. The maximum absolute atomic E-state index is 5.64. The maximum atomic E-state index is 5.64. The molecular weight excluding hydrogens is 380 g/mol. The molecule has 1 aromatic carbocycles. The third kappa shape index (κ3) is 19.2. The highest BCUT2D eigenvalue weighted by Gasteiger charge is 1.96. The van der Waals surface area contributed by atoms with E-state index in [-0.39, 0.29) is 0 Å². The molecule has 4 heteroatoms. The van der Waals surface area contributed by atoms with E-state index in [0.717, 1.165) is 24.7 Å². The van der Waals surface area contributed by atoms with Gasteiger partial charge in [0.2, 0.25) is 0 Å². The number of unbranched alkanes of at least 4 members (excludes halogenated alkanes) is 9. The minimum absolute atomic E-state index is 0.658. The lowest BCUT2D eigenvalue weighted by Gasteiger charge is -2.07. The molecular formula is C25H44O3S. The van der Waals surface area contributed by atoms with Crippen LogP contribution in [0.5, 0.6) is 0 Å². The third-order valence-corrected chi connectivity index (χ3v) is 5.86. The van der Waals surface area contributed by atoms with Crippen LogP contribution in [-0.2, 0) is 20.0 Å². The predicted octanol–water partition coefficient (Wildman–Crippen LogP) is 6.89. The van der Waals surface area contributed by atoms with Gasteiger partial charge in [0.05, 0.1) is 33.0 Å². The minimum Gasteiger partial charge on any atom is -0.379 e. The summed E-state index contributed by atoms with van der Waals surface area (Å²) >= 11 is 1.91. The summed E-state index contributed by atoms with van der Waals surface area (Å²) in [6.45, 7) is 6.63. The summed E-state index contributed by atoms with van der Waals surface area (Å²) in [6, 6.07) is 10.6. The van der Waals surface area contributed by atoms with Crippen molar-refractivity contribution in [3.05, 3.63) is 35.9 Å². The van der Waals surface area contributed by atoms with E-state index in [1.807, 2.05) is 11.8 Å². The average Bonchev–Trinajstić information content (AvgIpc) is 2.75. The van der Waals surface area contributed by atoms with Crippen LogP contribution in [0, 0.1) is 0 Å². The van der Waals surface area contributed by atoms with Gasteiger partial charge in [-0.2, -0.15) is 11.8 Å². The molecule has 0 amide bonds. The Labute approximate surface area is 184 Å². The smallest absolute Gasteiger partial charge is 0.0701 e. The lowest BCUT2D eigenvalue weighted by molar-refractivity contribution is 0.0167. The van der Waals surface area contributed by atoms with Crippen molar-refractivity contribution in [2.45, 2.75) is 76.9 Å². The number of thioether (sulfide) groups is 1. The molecule has 0 aromatic heterocycles. The first-order chi connectivity index (χ1) is 14.4. The predicted molar refractivity (Wildman–Crippen MR) is 127 cm³/mol. The van der Waals surface area contributed by atoms with Crippen molar-refractivity contribution in [2.24, 2.45) is 0 Å². The van der Waals surface area contributed by atoms with Crippen LogP contribution in [0.25, 0.3) is 0 Å². The Morgan fingerprint density at radius 3 is 1.72 bits per heavy atom. The molecule has 168 valence electrons. The van der Waals surface area contributed by atoms with Gasteiger partial charge in [-0.1, -0.05) is 95.0 Å². The van der Waals surface area contributed by atoms with E-state index >= 15 is 0 Å². The molecule has 0 fully saturated rings. The first-order valence-corrected chi connectivity index (χ1v) is 12.9. The highest BCUT2D eigenvalue weighted by atomic mass is 32.2. The van der Waals surface area contributed by atoms with Gasteiger partial charge in [-0.3, -0.25) is 0 Å². The second-order valence-corrected chi connectivity index (χ2v) is 8.66. The van der Waals surface area contributed by atoms with Gasteiger partial charge >= 0.3 is 0 Å². The highest BCUT2D eigenvalue weighted by Crippen LogP contribution is 2.11. The van der Waals surface area contributed by atoms with Crippen LogP contribution >= 0.6 is 11.8 Å². The Hall–Kier alpha value is -0.550. The lowest BCUT2D eigenvalue weighted by Crippen LogP contribution is -2.10. The van der Waals surface area contributed by atoms with E-state index < -0.39 is 0 Å². The molecule has 0 saturated carbocycles. The summed E-state index contributed by atoms with van der Waals surface area (Å²) in [4.78, 5) is 0. The summed E-state index contributed by atoms with van der Waals surface area (Å²) in [5.41, 5.74) is 1.37. The Morgan fingerprint density at radius 1 is 0.586 bits per heavy atom. The zero-order chi connectivity index (χ0) is 20.7. The minimum atomic E-state index is 0.658. The van der Waals surface area contributed by atoms with Crippen LogP contribution in [0.15, 0.2) is 30.3 Å². The number of benzene rings is 1. The topological polar surface area (TPSA) is 27.7 Å². The number of hydrogen-bond donors (Lipinski definition) is 0. The number of hydrogen-bond acceptors (Lipinski definition) is 4. The SMILES string of the molecule is CCCCCCCCCCCCOCCOCCOCCSCc1ccccc1. The van der Waals surface area contributed by atoms with Crippen molar-refractivity contribution < 1.29 is 14.2 Å². The maximum Gasteiger partial charge on any atom is 0.0701 e. The van der Waals surface area contributed by atoms with Crippen molar-refractivity contribution in [3.63, 3.8) is 0 Å². The van der Waals surface area contributed by atoms with E-state index in [0.29, 0.717) is 26.4 Å². The highest BCUT2D eigenvalue weighted by molar-refractivity contribution is 7.98. The largest absolute Gasteiger partial charge is 0.379 e. The Bertz CT molecular complexity index is 427. The molecule has 0 unspecified atom stereocenters. The second kappa shape index (κ2) is 22.1. The number of rotatable bonds is 22. The fourth-order valence-electron chi connectivity index (χ4n) is 3.12. The monoisotopic (exact) mass is 424 g/mol. The molecule has 0 atom stereocenters. The molecule has 0 N–H and O–H groups in total. The molecule has 0 heterocycles. The Balaban J connectivity index is 1.66. The summed E-state index contributed by atoms with van der Waals surface area (Å²) in [5.74, 6) is 2.08. The van der Waals surface area contributed by atoms with Gasteiger partial charge in [0.1, 0.15) is 0 Å². The molecule has 0 aliphatic heterocycles. The third-order valence-electron chi connectivity index (χ3n) is 4.87. The average molecular weight is 425 g/mol. The van der Waals surface area contributed by atoms with Gasteiger partial charge in [0.15, 0.2) is 0 Å². The van der Waals surface area contributed by atoms with E-state index in [4.69, 9.17) is 14.2 Å². The quantitative estimate of drug-likeness (QED) is 0.189. The second-order valence-electron chi connectivity index (χ2n) is 7.56. The molecule has 0 spiro atoms. The van der Waals surface area contributed by atoms with Crippen LogP contribution < -0.4 is 0 Å². The lowest BCUT2D eigenvalue weighted by atomic mass is 10.1. The van der Waals surface area contributed by atoms with Crippen LogP contribution in [0.1, 0.15) is 76.7 Å². The van der Waals surface area contributed by atoms with Gasteiger partial charge < -0.3 is 14.2 Å². The molecule has 0 aliphatic carbocycles. The standard InChI is InChI=1S/C25H44O3S/c1-2-3-4-5-6-7-8-9-10-14-17-26-18-19-27-20-21-28-22-23-29-24-25-15-12-11-13-16-25/h11-13,15-16H,2-10,14,17-24H2,1H3. The normalized spacial score (nSPS) is 11.2. The Kier molecular flexibility index (Phi) is 20.2. The van der Waals surface area contributed by atoms with Crippen molar-refractivity contribution in [1.29, 1.82) is 0 Å². The zero-order valence-corrected chi connectivity index (χ0v) is 19.6. The summed E-state index contributed by atoms with van der Waals surface area (Å²) in [7, 11) is 0. The van der Waals surface area contributed by atoms with E-state index in [1.165, 1.54) is 69.8 Å². The van der Waals surface area contributed by atoms with E-state index in [9.17, 15) is 0 Å². The summed E-state index contributed by atoms with van der Waals surface area (Å²) < 4.78 is 16.8. The van der Waals surface area contributed by atoms with Crippen LogP contribution in [0.2, 0.25) is 0 Å². The van der Waals surface area contributed by atoms with Crippen molar-refractivity contribution in [1.82, 2.24) is 0 Å². The zero-order valence-electron chi connectivity index (χ0n) is 18.7. The first-order valence-electron chi connectivity index (χ1n) is 11.8. The molecule has 1 rings (SSSR count). The van der Waals surface area contributed by atoms with Gasteiger partial charge in [-0.05, 0) is 12.0 Å². The summed E-state index contributed by atoms with van der Waals surface area (Å²) in [5, 5.41) is 0. The fourth-order valence-corrected chi connectivity index (χ4v) is 3.92. The van der Waals surface area contributed by atoms with Gasteiger partial charge in [-0.25, -0.2) is 0 Å². The fraction of sp³-hybridized carbons (Fsp3) is 0.760. The molecule has 0 bridgehead atoms. The van der Waals surface area contributed by atoms with Gasteiger partial charge in [-0.15, -0.1) is 0 Å². The molecule has 0 aliphatic rings. The Morgan fingerprint density at radius 2 is 1.10 bits per heavy atom. The van der Waals surface area contributed by atoms with E-state index in [2.05, 4.69) is 37.3 Å². The summed E-state index contributed by atoms with van der Waals surface area (Å²) in [6.07, 6.45) is 13.6. The van der Waals surface area contributed by atoms with Crippen molar-refractivity contribution >= 4 is 11.8 Å². The molecule has 29 heavy (non-hydrogen) atoms.